The fourth-order valence-electron chi connectivity index (χ4n) is 1.58. The van der Waals surface area contributed by atoms with Gasteiger partial charge in [-0.15, -0.1) is 6.58 Å². The summed E-state index contributed by atoms with van der Waals surface area (Å²) < 4.78 is 0. The second kappa shape index (κ2) is 3.20. The molecule has 1 heteroatoms. The first-order valence-electron chi connectivity index (χ1n) is 4.08. The van der Waals surface area contributed by atoms with Crippen LogP contribution < -0.4 is 5.32 Å². The summed E-state index contributed by atoms with van der Waals surface area (Å²) in [4.78, 5) is 0. The van der Waals surface area contributed by atoms with E-state index in [0.29, 0.717) is 5.41 Å². The molecular formula is C9H17N. The smallest absolute Gasteiger partial charge is 0.00436 e. The van der Waals surface area contributed by atoms with Crippen molar-refractivity contribution in [3.8, 4) is 0 Å². The maximum Gasteiger partial charge on any atom is -0.00436 e. The molecule has 0 radical (unpaired) electrons. The number of hydrogen-bond donors (Lipinski definition) is 1. The maximum atomic E-state index is 3.78. The highest BCUT2D eigenvalue weighted by Gasteiger charge is 2.24. The Labute approximate surface area is 63.5 Å². The average Bonchev–Trinajstić information content (AvgIpc) is 1.89. The van der Waals surface area contributed by atoms with Gasteiger partial charge in [-0.1, -0.05) is 13.0 Å². The van der Waals surface area contributed by atoms with E-state index in [2.05, 4.69) is 18.8 Å². The molecule has 0 saturated carbocycles. The summed E-state index contributed by atoms with van der Waals surface area (Å²) in [5.41, 5.74) is 0.549. The predicted octanol–water partition coefficient (Wildman–Crippen LogP) is 1.95. The van der Waals surface area contributed by atoms with Gasteiger partial charge in [-0.25, -0.2) is 0 Å². The number of hydrogen-bond acceptors (Lipinski definition) is 1. The van der Waals surface area contributed by atoms with Crippen molar-refractivity contribution in [2.24, 2.45) is 5.41 Å². The van der Waals surface area contributed by atoms with Crippen molar-refractivity contribution in [3.63, 3.8) is 0 Å². The Morgan fingerprint density at radius 2 is 2.10 bits per heavy atom. The SMILES string of the molecule is C=CCC1(C)CCNCC1. The molecule has 0 spiro atoms. The Balaban J connectivity index is 2.39. The standard InChI is InChI=1S/C9H17N/c1-3-4-9(2)5-7-10-8-6-9/h3,10H,1,4-8H2,2H3. The molecule has 0 aromatic carbocycles. The van der Waals surface area contributed by atoms with E-state index < -0.39 is 0 Å². The molecule has 0 atom stereocenters. The summed E-state index contributed by atoms with van der Waals surface area (Å²) in [5.74, 6) is 0. The topological polar surface area (TPSA) is 12.0 Å². The molecule has 1 fully saturated rings. The van der Waals surface area contributed by atoms with Gasteiger partial charge >= 0.3 is 0 Å². The molecule has 1 saturated heterocycles. The minimum absolute atomic E-state index is 0.549. The fourth-order valence-corrected chi connectivity index (χ4v) is 1.58. The van der Waals surface area contributed by atoms with Gasteiger partial charge in [0.15, 0.2) is 0 Å². The summed E-state index contributed by atoms with van der Waals surface area (Å²) in [5, 5.41) is 3.36. The van der Waals surface area contributed by atoms with Gasteiger partial charge in [-0.2, -0.15) is 0 Å². The van der Waals surface area contributed by atoms with Crippen LogP contribution in [-0.4, -0.2) is 13.1 Å². The van der Waals surface area contributed by atoms with Gasteiger partial charge in [-0.3, -0.25) is 0 Å². The Morgan fingerprint density at radius 3 is 2.60 bits per heavy atom. The molecule has 1 aliphatic rings. The minimum atomic E-state index is 0.549. The van der Waals surface area contributed by atoms with Gasteiger partial charge in [0.2, 0.25) is 0 Å². The zero-order valence-electron chi connectivity index (χ0n) is 6.82. The van der Waals surface area contributed by atoms with Gasteiger partial charge in [0.05, 0.1) is 0 Å². The lowest BCUT2D eigenvalue weighted by Crippen LogP contribution is -2.34. The minimum Gasteiger partial charge on any atom is -0.317 e. The molecule has 1 aliphatic heterocycles. The van der Waals surface area contributed by atoms with E-state index in [0.717, 1.165) is 0 Å². The van der Waals surface area contributed by atoms with Crippen LogP contribution in [0.15, 0.2) is 12.7 Å². The third-order valence-electron chi connectivity index (χ3n) is 2.45. The highest BCUT2D eigenvalue weighted by Crippen LogP contribution is 2.31. The van der Waals surface area contributed by atoms with Crippen molar-refractivity contribution in [3.05, 3.63) is 12.7 Å². The first-order valence-corrected chi connectivity index (χ1v) is 4.08. The van der Waals surface area contributed by atoms with Crippen LogP contribution in [0.3, 0.4) is 0 Å². The second-order valence-electron chi connectivity index (χ2n) is 3.55. The first kappa shape index (κ1) is 7.80. The van der Waals surface area contributed by atoms with Crippen molar-refractivity contribution < 1.29 is 0 Å². The van der Waals surface area contributed by atoms with Crippen LogP contribution in [0.1, 0.15) is 26.2 Å². The molecule has 58 valence electrons. The van der Waals surface area contributed by atoms with Crippen LogP contribution in [0.25, 0.3) is 0 Å². The molecule has 0 bridgehead atoms. The molecule has 10 heavy (non-hydrogen) atoms. The largest absolute Gasteiger partial charge is 0.317 e. The van der Waals surface area contributed by atoms with E-state index in [9.17, 15) is 0 Å². The zero-order chi connectivity index (χ0) is 7.45. The maximum absolute atomic E-state index is 3.78. The number of piperidine rings is 1. The highest BCUT2D eigenvalue weighted by molar-refractivity contribution is 4.86. The van der Waals surface area contributed by atoms with Crippen LogP contribution in [0.4, 0.5) is 0 Å². The van der Waals surface area contributed by atoms with Crippen molar-refractivity contribution in [2.75, 3.05) is 13.1 Å². The van der Waals surface area contributed by atoms with Crippen LogP contribution >= 0.6 is 0 Å². The van der Waals surface area contributed by atoms with E-state index in [-0.39, 0.29) is 0 Å². The van der Waals surface area contributed by atoms with Crippen LogP contribution in [0.5, 0.6) is 0 Å². The summed E-state index contributed by atoms with van der Waals surface area (Å²) in [6.45, 7) is 8.51. The lowest BCUT2D eigenvalue weighted by atomic mass is 9.78. The van der Waals surface area contributed by atoms with Crippen molar-refractivity contribution >= 4 is 0 Å². The van der Waals surface area contributed by atoms with Gasteiger partial charge in [0, 0.05) is 0 Å². The summed E-state index contributed by atoms with van der Waals surface area (Å²) in [6.07, 6.45) is 5.83. The Kier molecular flexibility index (Phi) is 2.50. The molecule has 0 aromatic heterocycles. The van der Waals surface area contributed by atoms with Gasteiger partial charge in [-0.05, 0) is 37.8 Å². The summed E-state index contributed by atoms with van der Waals surface area (Å²) in [7, 11) is 0. The average molecular weight is 139 g/mol. The molecule has 0 aromatic rings. The Hall–Kier alpha value is -0.300. The third-order valence-corrected chi connectivity index (χ3v) is 2.45. The van der Waals surface area contributed by atoms with Gasteiger partial charge in [0.25, 0.3) is 0 Å². The molecule has 0 aliphatic carbocycles. The van der Waals surface area contributed by atoms with Crippen LogP contribution in [0, 0.1) is 5.41 Å². The van der Waals surface area contributed by atoms with E-state index >= 15 is 0 Å². The van der Waals surface area contributed by atoms with Crippen LogP contribution in [-0.2, 0) is 0 Å². The Bertz CT molecular complexity index is 112. The monoisotopic (exact) mass is 139 g/mol. The normalized spacial score (nSPS) is 24.1. The fraction of sp³-hybridized carbons (Fsp3) is 0.778. The number of rotatable bonds is 2. The zero-order valence-corrected chi connectivity index (χ0v) is 6.82. The molecule has 0 amide bonds. The van der Waals surface area contributed by atoms with Gasteiger partial charge < -0.3 is 5.32 Å². The first-order chi connectivity index (χ1) is 4.77. The van der Waals surface area contributed by atoms with E-state index in [4.69, 9.17) is 0 Å². The molecule has 1 rings (SSSR count). The van der Waals surface area contributed by atoms with Crippen LogP contribution in [0.2, 0.25) is 0 Å². The van der Waals surface area contributed by atoms with Crippen molar-refractivity contribution in [1.29, 1.82) is 0 Å². The van der Waals surface area contributed by atoms with E-state index in [1.54, 1.807) is 0 Å². The van der Waals surface area contributed by atoms with E-state index in [1.165, 1.54) is 32.4 Å². The quantitative estimate of drug-likeness (QED) is 0.577. The predicted molar refractivity (Wildman–Crippen MR) is 45.0 cm³/mol. The summed E-state index contributed by atoms with van der Waals surface area (Å²) in [6, 6.07) is 0. The molecule has 1 N–H and O–H groups in total. The molecule has 1 nitrogen and oxygen atoms in total. The lowest BCUT2D eigenvalue weighted by molar-refractivity contribution is 0.233. The third kappa shape index (κ3) is 1.84. The van der Waals surface area contributed by atoms with Crippen molar-refractivity contribution in [1.82, 2.24) is 5.32 Å². The molecule has 1 heterocycles. The summed E-state index contributed by atoms with van der Waals surface area (Å²) >= 11 is 0. The molecular weight excluding hydrogens is 122 g/mol. The lowest BCUT2D eigenvalue weighted by Gasteiger charge is -2.32. The number of allylic oxidation sites excluding steroid dienone is 1. The molecule has 0 unspecified atom stereocenters. The Morgan fingerprint density at radius 1 is 1.50 bits per heavy atom. The van der Waals surface area contributed by atoms with Gasteiger partial charge in [0.1, 0.15) is 0 Å². The number of nitrogens with one attached hydrogen (secondary N) is 1. The highest BCUT2D eigenvalue weighted by atomic mass is 14.9. The van der Waals surface area contributed by atoms with E-state index in [1.807, 2.05) is 6.08 Å². The van der Waals surface area contributed by atoms with Crippen molar-refractivity contribution in [2.45, 2.75) is 26.2 Å². The second-order valence-corrected chi connectivity index (χ2v) is 3.55.